The van der Waals surface area contributed by atoms with E-state index in [4.69, 9.17) is 14.2 Å². The van der Waals surface area contributed by atoms with Crippen LogP contribution in [0, 0.1) is 0 Å². The highest BCUT2D eigenvalue weighted by Gasteiger charge is 2.19. The highest BCUT2D eigenvalue weighted by atomic mass is 16.6. The molecule has 0 aliphatic carbocycles. The molecule has 0 rings (SSSR count). The lowest BCUT2D eigenvalue weighted by Gasteiger charge is -2.18. The molecule has 1 unspecified atom stereocenters. The van der Waals surface area contributed by atoms with Gasteiger partial charge in [-0.05, 0) is 83.5 Å². The molecule has 0 aromatic carbocycles. The van der Waals surface area contributed by atoms with E-state index in [0.29, 0.717) is 19.3 Å². The van der Waals surface area contributed by atoms with Crippen LogP contribution in [0.1, 0.15) is 329 Å². The quantitative estimate of drug-likeness (QED) is 0.0261. The summed E-state index contributed by atoms with van der Waals surface area (Å²) in [4.78, 5) is 38.2. The summed E-state index contributed by atoms with van der Waals surface area (Å²) in [5.74, 6) is -0.874. The van der Waals surface area contributed by atoms with Crippen LogP contribution in [0.25, 0.3) is 0 Å². The van der Waals surface area contributed by atoms with Crippen molar-refractivity contribution in [2.75, 3.05) is 13.2 Å². The summed E-state index contributed by atoms with van der Waals surface area (Å²) in [5, 5.41) is 0. The molecule has 454 valence electrons. The lowest BCUT2D eigenvalue weighted by Crippen LogP contribution is -2.30. The van der Waals surface area contributed by atoms with Crippen LogP contribution < -0.4 is 0 Å². The van der Waals surface area contributed by atoms with Gasteiger partial charge >= 0.3 is 17.9 Å². The number of allylic oxidation sites excluding steroid dienone is 16. The summed E-state index contributed by atoms with van der Waals surface area (Å²) in [6.45, 7) is 6.53. The predicted octanol–water partition coefficient (Wildman–Crippen LogP) is 23.2. The second-order valence-electron chi connectivity index (χ2n) is 22.4. The normalized spacial score (nSPS) is 12.7. The molecule has 6 heteroatoms. The first-order chi connectivity index (χ1) is 39.0. The van der Waals surface area contributed by atoms with Gasteiger partial charge in [0, 0.05) is 19.3 Å². The number of hydrogen-bond acceptors (Lipinski definition) is 6. The van der Waals surface area contributed by atoms with Gasteiger partial charge in [0.1, 0.15) is 13.2 Å². The Morgan fingerprint density at radius 3 is 0.772 bits per heavy atom. The molecule has 0 saturated heterocycles. The Morgan fingerprint density at radius 1 is 0.266 bits per heavy atom. The monoisotopic (exact) mass is 1100 g/mol. The fourth-order valence-corrected chi connectivity index (χ4v) is 9.58. The van der Waals surface area contributed by atoms with Gasteiger partial charge in [0.15, 0.2) is 6.10 Å². The summed E-state index contributed by atoms with van der Waals surface area (Å²) in [7, 11) is 0. The zero-order valence-electron chi connectivity index (χ0n) is 52.1. The molecule has 0 saturated carbocycles. The van der Waals surface area contributed by atoms with Crippen LogP contribution in [0.2, 0.25) is 0 Å². The third-order valence-electron chi connectivity index (χ3n) is 14.6. The van der Waals surface area contributed by atoms with Crippen molar-refractivity contribution in [2.45, 2.75) is 335 Å². The SMILES string of the molecule is CC/C=C\C/C=C\C/C=C\C/C=C\C/C=C\C/C=C\C/C=C\C/C=C\CCCCCCCCCCC(=O)OCC(COC(=O)CCCCCCCCCC)OC(=O)CCCCCCCCCCCCCCCCCCCCCC. The molecule has 0 amide bonds. The average Bonchev–Trinajstić information content (AvgIpc) is 3.45. The third kappa shape index (κ3) is 65.0. The molecule has 0 fully saturated rings. The van der Waals surface area contributed by atoms with Crippen LogP contribution in [-0.4, -0.2) is 37.2 Å². The maximum Gasteiger partial charge on any atom is 0.306 e. The molecule has 1 atom stereocenters. The molecule has 0 spiro atoms. The number of carbonyl (C=O) groups excluding carboxylic acids is 3. The molecule has 0 bridgehead atoms. The number of hydrogen-bond donors (Lipinski definition) is 0. The number of rotatable bonds is 61. The molecular formula is C73H126O6. The van der Waals surface area contributed by atoms with Crippen LogP contribution in [0.15, 0.2) is 97.2 Å². The van der Waals surface area contributed by atoms with Crippen LogP contribution in [-0.2, 0) is 28.6 Å². The van der Waals surface area contributed by atoms with Gasteiger partial charge in [-0.15, -0.1) is 0 Å². The largest absolute Gasteiger partial charge is 0.462 e. The summed E-state index contributed by atoms with van der Waals surface area (Å²) >= 11 is 0. The predicted molar refractivity (Wildman–Crippen MR) is 344 cm³/mol. The molecule has 0 aliphatic rings. The van der Waals surface area contributed by atoms with E-state index in [1.165, 1.54) is 173 Å². The van der Waals surface area contributed by atoms with Gasteiger partial charge in [0.05, 0.1) is 0 Å². The van der Waals surface area contributed by atoms with E-state index in [1.54, 1.807) is 0 Å². The van der Waals surface area contributed by atoms with E-state index < -0.39 is 6.10 Å². The molecule has 0 aliphatic heterocycles. The smallest absolute Gasteiger partial charge is 0.306 e. The van der Waals surface area contributed by atoms with E-state index in [1.807, 2.05) is 0 Å². The number of unbranched alkanes of at least 4 members (excludes halogenated alkanes) is 34. The molecule has 0 N–H and O–H groups in total. The summed E-state index contributed by atoms with van der Waals surface area (Å²) in [6.07, 6.45) is 90.1. The van der Waals surface area contributed by atoms with E-state index in [0.717, 1.165) is 116 Å². The van der Waals surface area contributed by atoms with Crippen LogP contribution in [0.3, 0.4) is 0 Å². The van der Waals surface area contributed by atoms with Gasteiger partial charge in [0.2, 0.25) is 0 Å². The van der Waals surface area contributed by atoms with E-state index in [2.05, 4.69) is 118 Å². The molecule has 0 heterocycles. The van der Waals surface area contributed by atoms with Crippen molar-refractivity contribution >= 4 is 17.9 Å². The van der Waals surface area contributed by atoms with Crippen LogP contribution >= 0.6 is 0 Å². The van der Waals surface area contributed by atoms with Crippen molar-refractivity contribution in [1.82, 2.24) is 0 Å². The lowest BCUT2D eigenvalue weighted by molar-refractivity contribution is -0.167. The maximum atomic E-state index is 12.9. The molecule has 0 aromatic rings. The highest BCUT2D eigenvalue weighted by Crippen LogP contribution is 2.17. The summed E-state index contributed by atoms with van der Waals surface area (Å²) in [5.41, 5.74) is 0. The summed E-state index contributed by atoms with van der Waals surface area (Å²) < 4.78 is 16.9. The van der Waals surface area contributed by atoms with Crippen LogP contribution in [0.4, 0.5) is 0 Å². The Kier molecular flexibility index (Phi) is 63.7. The lowest BCUT2D eigenvalue weighted by atomic mass is 10.0. The van der Waals surface area contributed by atoms with Gasteiger partial charge in [-0.3, -0.25) is 14.4 Å². The van der Waals surface area contributed by atoms with Crippen molar-refractivity contribution in [3.63, 3.8) is 0 Å². The Bertz CT molecular complexity index is 1540. The average molecular weight is 1100 g/mol. The first kappa shape index (κ1) is 75.3. The van der Waals surface area contributed by atoms with Gasteiger partial charge < -0.3 is 14.2 Å². The number of ether oxygens (including phenoxy) is 3. The first-order valence-corrected chi connectivity index (χ1v) is 33.7. The minimum Gasteiger partial charge on any atom is -0.462 e. The van der Waals surface area contributed by atoms with Crippen molar-refractivity contribution in [2.24, 2.45) is 0 Å². The minimum atomic E-state index is -0.777. The Labute approximate surface area is 489 Å². The van der Waals surface area contributed by atoms with Crippen molar-refractivity contribution in [3.8, 4) is 0 Å². The van der Waals surface area contributed by atoms with E-state index >= 15 is 0 Å². The van der Waals surface area contributed by atoms with Gasteiger partial charge in [-0.1, -0.05) is 323 Å². The van der Waals surface area contributed by atoms with Gasteiger partial charge in [-0.2, -0.15) is 0 Å². The second-order valence-corrected chi connectivity index (χ2v) is 22.4. The molecule has 0 aromatic heterocycles. The Morgan fingerprint density at radius 2 is 0.494 bits per heavy atom. The van der Waals surface area contributed by atoms with Crippen LogP contribution in [0.5, 0.6) is 0 Å². The second kappa shape index (κ2) is 66.8. The van der Waals surface area contributed by atoms with Gasteiger partial charge in [-0.25, -0.2) is 0 Å². The number of carbonyl (C=O) groups is 3. The van der Waals surface area contributed by atoms with E-state index in [-0.39, 0.29) is 31.1 Å². The molecular weight excluding hydrogens is 973 g/mol. The Hall–Kier alpha value is -3.67. The fraction of sp³-hybridized carbons (Fsp3) is 0.740. The number of esters is 3. The van der Waals surface area contributed by atoms with Crippen molar-refractivity contribution < 1.29 is 28.6 Å². The van der Waals surface area contributed by atoms with Crippen molar-refractivity contribution in [1.29, 1.82) is 0 Å². The molecule has 6 nitrogen and oxygen atoms in total. The third-order valence-corrected chi connectivity index (χ3v) is 14.6. The van der Waals surface area contributed by atoms with Gasteiger partial charge in [0.25, 0.3) is 0 Å². The maximum absolute atomic E-state index is 12.9. The highest BCUT2D eigenvalue weighted by molar-refractivity contribution is 5.71. The molecule has 79 heavy (non-hydrogen) atoms. The van der Waals surface area contributed by atoms with E-state index in [9.17, 15) is 14.4 Å². The zero-order valence-corrected chi connectivity index (χ0v) is 52.1. The standard InChI is InChI=1S/C73H126O6/c1-4-7-10-13-16-19-21-23-25-27-29-31-32-33-34-35-36-37-38-39-40-41-42-43-45-46-48-50-52-54-57-60-63-66-72(75)78-69-70(68-77-71(74)65-62-59-56-18-15-12-9-6-3)79-73(76)67-64-61-58-55-53-51-49-47-44-30-28-26-24-22-20-17-14-11-8-5-2/h7,10,16,19,23,25,29,31,33-34,36-37,39-40,42-43,70H,4-6,8-9,11-15,17-18,20-22,24,26-28,30,32,35,38,41,44-69H2,1-3H3/b10-7-,19-16-,25-23-,31-29-,34-33-,37-36-,40-39-,43-42-. The minimum absolute atomic E-state index is 0.0753. The summed E-state index contributed by atoms with van der Waals surface area (Å²) in [6, 6.07) is 0. The molecule has 0 radical (unpaired) electrons. The topological polar surface area (TPSA) is 78.9 Å². The zero-order chi connectivity index (χ0) is 57.1. The van der Waals surface area contributed by atoms with Crippen molar-refractivity contribution in [3.05, 3.63) is 97.2 Å². The fourth-order valence-electron chi connectivity index (χ4n) is 9.58. The first-order valence-electron chi connectivity index (χ1n) is 33.7. The Balaban J connectivity index is 4.15.